The van der Waals surface area contributed by atoms with Gasteiger partial charge in [0.2, 0.25) is 0 Å². The number of allylic oxidation sites excluding steroid dienone is 2. The summed E-state index contributed by atoms with van der Waals surface area (Å²) in [5.41, 5.74) is 7.14. The van der Waals surface area contributed by atoms with E-state index in [9.17, 15) is 4.21 Å². The highest BCUT2D eigenvalue weighted by Gasteiger charge is 2.37. The Labute approximate surface area is 167 Å². The zero-order valence-electron chi connectivity index (χ0n) is 15.2. The van der Waals surface area contributed by atoms with Gasteiger partial charge in [-0.1, -0.05) is 91.0 Å². The number of rotatable bonds is 3. The fourth-order valence-electron chi connectivity index (χ4n) is 4.07. The van der Waals surface area contributed by atoms with E-state index in [0.717, 1.165) is 5.56 Å². The molecule has 2 aliphatic rings. The fraction of sp³-hybridized carbons (Fsp3) is 0.0400. The van der Waals surface area contributed by atoms with Crippen LogP contribution in [-0.2, 0) is 11.0 Å². The summed E-state index contributed by atoms with van der Waals surface area (Å²) < 4.78 is 14.8. The molecule has 5 rings (SSSR count). The molecule has 0 amide bonds. The number of hydrogen-bond acceptors (Lipinski definition) is 1. The van der Waals surface area contributed by atoms with Crippen molar-refractivity contribution in [2.45, 2.75) is 6.04 Å². The molecule has 0 aromatic heterocycles. The monoisotopic (exact) mass is 381 g/mol. The van der Waals surface area contributed by atoms with Gasteiger partial charge in [-0.2, -0.15) is 0 Å². The van der Waals surface area contributed by atoms with Gasteiger partial charge >= 0.3 is 0 Å². The minimum Gasteiger partial charge on any atom is -0.283 e. The average Bonchev–Trinajstić information content (AvgIpc) is 3.10. The molecule has 2 nitrogen and oxygen atoms in total. The van der Waals surface area contributed by atoms with E-state index in [1.54, 1.807) is 5.41 Å². The number of hydrogen-bond donors (Lipinski definition) is 0. The highest BCUT2D eigenvalue weighted by molar-refractivity contribution is 7.85. The van der Waals surface area contributed by atoms with Crippen LogP contribution in [0.15, 0.2) is 109 Å². The van der Waals surface area contributed by atoms with Gasteiger partial charge in [-0.05, 0) is 39.5 Å². The molecule has 0 saturated carbocycles. The molecule has 0 bridgehead atoms. The topological polar surface area (TPSA) is 20.3 Å². The van der Waals surface area contributed by atoms with Crippen LogP contribution >= 0.6 is 0 Å². The number of fused-ring (bicyclic) bond motifs is 1. The zero-order valence-corrected chi connectivity index (χ0v) is 16.0. The van der Waals surface area contributed by atoms with E-state index in [4.69, 9.17) is 0 Å². The van der Waals surface area contributed by atoms with Crippen LogP contribution < -0.4 is 0 Å². The molecule has 3 heteroatoms. The van der Waals surface area contributed by atoms with Gasteiger partial charge < -0.3 is 0 Å². The molecule has 2 unspecified atom stereocenters. The lowest BCUT2D eigenvalue weighted by Crippen LogP contribution is -2.25. The standard InChI is InChI=1S/C25H19NOS/c27-28-18-10-9-17-26(28)25-22-16-8-7-15-21(22)23(19-11-3-1-4-12-19)24(25)20-13-5-2-6-14-20/h1-18,25H. The summed E-state index contributed by atoms with van der Waals surface area (Å²) in [5, 5.41) is 1.74. The summed E-state index contributed by atoms with van der Waals surface area (Å²) in [6, 6.07) is 29.3. The summed E-state index contributed by atoms with van der Waals surface area (Å²) in [7, 11) is -1.21. The Hall–Kier alpha value is -3.17. The van der Waals surface area contributed by atoms with Crippen molar-refractivity contribution in [3.63, 3.8) is 0 Å². The Morgan fingerprint density at radius 2 is 1.36 bits per heavy atom. The van der Waals surface area contributed by atoms with Gasteiger partial charge in [-0.25, -0.2) is 4.21 Å². The first-order chi connectivity index (χ1) is 13.8. The first kappa shape index (κ1) is 17.0. The Balaban J connectivity index is 1.82. The smallest absolute Gasteiger partial charge is 0.145 e. The highest BCUT2D eigenvalue weighted by Crippen LogP contribution is 2.51. The summed E-state index contributed by atoms with van der Waals surface area (Å²) in [6.07, 6.45) is 5.74. The van der Waals surface area contributed by atoms with Crippen molar-refractivity contribution in [3.8, 4) is 0 Å². The SMILES string of the molecule is O=S1C=CC=CN1C1C(c2ccccc2)=C(c2ccccc2)c2ccccc21. The minimum absolute atomic E-state index is 0.101. The molecule has 136 valence electrons. The minimum atomic E-state index is -1.21. The third-order valence-electron chi connectivity index (χ3n) is 5.22. The molecule has 3 aromatic carbocycles. The van der Waals surface area contributed by atoms with Crippen molar-refractivity contribution >= 4 is 22.1 Å². The van der Waals surface area contributed by atoms with Gasteiger partial charge in [-0.15, -0.1) is 0 Å². The van der Waals surface area contributed by atoms with Crippen molar-refractivity contribution in [2.75, 3.05) is 0 Å². The first-order valence-electron chi connectivity index (χ1n) is 9.33. The van der Waals surface area contributed by atoms with Gasteiger partial charge in [0, 0.05) is 11.6 Å². The lowest BCUT2D eigenvalue weighted by atomic mass is 9.93. The second-order valence-electron chi connectivity index (χ2n) is 6.82. The van der Waals surface area contributed by atoms with Crippen LogP contribution in [-0.4, -0.2) is 8.51 Å². The molecule has 1 aliphatic carbocycles. The van der Waals surface area contributed by atoms with Crippen LogP contribution in [0.4, 0.5) is 0 Å². The van der Waals surface area contributed by atoms with E-state index in [-0.39, 0.29) is 6.04 Å². The van der Waals surface area contributed by atoms with Crippen LogP contribution in [0.3, 0.4) is 0 Å². The molecule has 0 spiro atoms. The molecule has 1 heterocycles. The van der Waals surface area contributed by atoms with Gasteiger partial charge in [0.25, 0.3) is 0 Å². The third kappa shape index (κ3) is 2.76. The van der Waals surface area contributed by atoms with Gasteiger partial charge in [0.1, 0.15) is 11.0 Å². The van der Waals surface area contributed by atoms with Gasteiger partial charge in [0.05, 0.1) is 6.04 Å². The number of nitrogens with zero attached hydrogens (tertiary/aromatic N) is 1. The van der Waals surface area contributed by atoms with Crippen LogP contribution in [0.25, 0.3) is 11.1 Å². The molecule has 2 atom stereocenters. The maximum absolute atomic E-state index is 12.9. The third-order valence-corrected chi connectivity index (χ3v) is 6.35. The molecule has 0 fully saturated rings. The zero-order chi connectivity index (χ0) is 18.9. The Morgan fingerprint density at radius 3 is 2.07 bits per heavy atom. The largest absolute Gasteiger partial charge is 0.283 e. The van der Waals surface area contributed by atoms with Crippen molar-refractivity contribution in [1.29, 1.82) is 0 Å². The predicted molar refractivity (Wildman–Crippen MR) is 116 cm³/mol. The summed E-state index contributed by atoms with van der Waals surface area (Å²) in [5.74, 6) is 0. The second-order valence-corrected chi connectivity index (χ2v) is 8.06. The van der Waals surface area contributed by atoms with E-state index in [1.165, 1.54) is 27.8 Å². The van der Waals surface area contributed by atoms with Crippen LogP contribution in [0.1, 0.15) is 28.3 Å². The maximum Gasteiger partial charge on any atom is 0.145 e. The van der Waals surface area contributed by atoms with Gasteiger partial charge in [0.15, 0.2) is 0 Å². The molecule has 1 aliphatic heterocycles. The quantitative estimate of drug-likeness (QED) is 0.569. The highest BCUT2D eigenvalue weighted by atomic mass is 32.2. The summed E-state index contributed by atoms with van der Waals surface area (Å²) in [4.78, 5) is 0. The Morgan fingerprint density at radius 1 is 0.714 bits per heavy atom. The van der Waals surface area contributed by atoms with Crippen molar-refractivity contribution in [2.24, 2.45) is 0 Å². The Bertz CT molecular complexity index is 1130. The predicted octanol–water partition coefficient (Wildman–Crippen LogP) is 5.71. The fourth-order valence-corrected chi connectivity index (χ4v) is 5.05. The summed E-state index contributed by atoms with van der Waals surface area (Å²) >= 11 is 0. The molecular formula is C25H19NOS. The van der Waals surface area contributed by atoms with E-state index in [2.05, 4.69) is 72.8 Å². The first-order valence-corrected chi connectivity index (χ1v) is 10.5. The van der Waals surface area contributed by atoms with Crippen molar-refractivity contribution in [3.05, 3.63) is 131 Å². The van der Waals surface area contributed by atoms with E-state index in [1.807, 2.05) is 34.8 Å². The lowest BCUT2D eigenvalue weighted by molar-refractivity contribution is 0.523. The Kier molecular flexibility index (Phi) is 4.30. The molecular weight excluding hydrogens is 362 g/mol. The van der Waals surface area contributed by atoms with E-state index in [0.29, 0.717) is 0 Å². The van der Waals surface area contributed by atoms with Crippen molar-refractivity contribution < 1.29 is 4.21 Å². The maximum atomic E-state index is 12.9. The summed E-state index contributed by atoms with van der Waals surface area (Å²) in [6.45, 7) is 0. The molecule has 0 radical (unpaired) electrons. The van der Waals surface area contributed by atoms with Crippen LogP contribution in [0.5, 0.6) is 0 Å². The lowest BCUT2D eigenvalue weighted by Gasteiger charge is -2.30. The molecule has 0 saturated heterocycles. The average molecular weight is 382 g/mol. The van der Waals surface area contributed by atoms with Gasteiger partial charge in [-0.3, -0.25) is 4.31 Å². The molecule has 3 aromatic rings. The molecule has 28 heavy (non-hydrogen) atoms. The van der Waals surface area contributed by atoms with Crippen molar-refractivity contribution in [1.82, 2.24) is 4.31 Å². The van der Waals surface area contributed by atoms with E-state index >= 15 is 0 Å². The van der Waals surface area contributed by atoms with Crippen LogP contribution in [0.2, 0.25) is 0 Å². The molecule has 0 N–H and O–H groups in total. The van der Waals surface area contributed by atoms with Crippen LogP contribution in [0, 0.1) is 0 Å². The normalized spacial score (nSPS) is 20.5. The second kappa shape index (κ2) is 7.10. The van der Waals surface area contributed by atoms with E-state index < -0.39 is 11.0 Å². The number of benzene rings is 3.